The first kappa shape index (κ1) is 11.8. The molecule has 0 atom stereocenters. The average molecular weight is 259 g/mol. The van der Waals surface area contributed by atoms with Crippen LogP contribution < -0.4 is 5.73 Å². The first-order chi connectivity index (χ1) is 8.85. The summed E-state index contributed by atoms with van der Waals surface area (Å²) in [6.07, 6.45) is 7.13. The van der Waals surface area contributed by atoms with Crippen molar-refractivity contribution in [3.8, 4) is 11.3 Å². The van der Waals surface area contributed by atoms with Crippen molar-refractivity contribution in [3.05, 3.63) is 34.4 Å². The van der Waals surface area contributed by atoms with E-state index in [1.807, 2.05) is 12.3 Å². The number of thiazole rings is 1. The van der Waals surface area contributed by atoms with Gasteiger partial charge in [0.1, 0.15) is 0 Å². The number of hydrogen-bond acceptors (Lipinski definition) is 4. The van der Waals surface area contributed by atoms with E-state index in [9.17, 15) is 0 Å². The standard InChI is InChI=1S/C14H17N3S/c15-7-12-5-4-11(8-16-12)13-9-18-14(17-13)6-3-10-1-2-10/h4-5,8-10H,1-3,6-7,15H2. The zero-order valence-electron chi connectivity index (χ0n) is 10.3. The Hall–Kier alpha value is -1.26. The van der Waals surface area contributed by atoms with Crippen molar-refractivity contribution >= 4 is 11.3 Å². The summed E-state index contributed by atoms with van der Waals surface area (Å²) in [5, 5.41) is 3.38. The molecule has 0 aliphatic heterocycles. The van der Waals surface area contributed by atoms with Crippen LogP contribution in [0.1, 0.15) is 30.0 Å². The van der Waals surface area contributed by atoms with Crippen LogP contribution in [-0.4, -0.2) is 9.97 Å². The molecule has 1 aliphatic carbocycles. The molecular weight excluding hydrogens is 242 g/mol. The van der Waals surface area contributed by atoms with E-state index in [0.29, 0.717) is 6.54 Å². The first-order valence-corrected chi connectivity index (χ1v) is 7.33. The average Bonchev–Trinajstić information content (AvgIpc) is 3.14. The van der Waals surface area contributed by atoms with Gasteiger partial charge in [0.15, 0.2) is 0 Å². The van der Waals surface area contributed by atoms with Gasteiger partial charge in [-0.15, -0.1) is 11.3 Å². The van der Waals surface area contributed by atoms with Crippen LogP contribution in [0.5, 0.6) is 0 Å². The van der Waals surface area contributed by atoms with Gasteiger partial charge in [0.25, 0.3) is 0 Å². The molecule has 0 unspecified atom stereocenters. The zero-order valence-corrected chi connectivity index (χ0v) is 11.1. The normalized spacial score (nSPS) is 14.9. The summed E-state index contributed by atoms with van der Waals surface area (Å²) in [5.41, 5.74) is 8.59. The second-order valence-electron chi connectivity index (χ2n) is 4.85. The number of pyridine rings is 1. The summed E-state index contributed by atoms with van der Waals surface area (Å²) in [7, 11) is 0. The van der Waals surface area contributed by atoms with Gasteiger partial charge in [-0.2, -0.15) is 0 Å². The van der Waals surface area contributed by atoms with Crippen LogP contribution in [0.3, 0.4) is 0 Å². The third kappa shape index (κ3) is 2.76. The lowest BCUT2D eigenvalue weighted by Crippen LogP contribution is -1.98. The molecule has 94 valence electrons. The van der Waals surface area contributed by atoms with Crippen molar-refractivity contribution in [1.29, 1.82) is 0 Å². The Kier molecular flexibility index (Phi) is 3.39. The summed E-state index contributed by atoms with van der Waals surface area (Å²) in [6.45, 7) is 0.490. The highest BCUT2D eigenvalue weighted by Crippen LogP contribution is 2.34. The number of nitrogens with two attached hydrogens (primary N) is 1. The van der Waals surface area contributed by atoms with E-state index in [0.717, 1.165) is 29.3 Å². The van der Waals surface area contributed by atoms with E-state index in [2.05, 4.69) is 21.4 Å². The smallest absolute Gasteiger partial charge is 0.0932 e. The number of aryl methyl sites for hydroxylation is 1. The Labute approximate surface area is 111 Å². The lowest BCUT2D eigenvalue weighted by atomic mass is 10.2. The van der Waals surface area contributed by atoms with Crippen molar-refractivity contribution < 1.29 is 0 Å². The maximum absolute atomic E-state index is 5.54. The van der Waals surface area contributed by atoms with E-state index in [4.69, 9.17) is 5.73 Å². The van der Waals surface area contributed by atoms with Gasteiger partial charge in [0.2, 0.25) is 0 Å². The topological polar surface area (TPSA) is 51.8 Å². The van der Waals surface area contributed by atoms with Crippen LogP contribution in [0.25, 0.3) is 11.3 Å². The molecule has 3 nitrogen and oxygen atoms in total. The molecule has 1 saturated carbocycles. The van der Waals surface area contributed by atoms with Gasteiger partial charge in [0.05, 0.1) is 16.4 Å². The lowest BCUT2D eigenvalue weighted by Gasteiger charge is -1.98. The Balaban J connectivity index is 1.70. The van der Waals surface area contributed by atoms with Crippen LogP contribution in [0.2, 0.25) is 0 Å². The predicted octanol–water partition coefficient (Wildman–Crippen LogP) is 3.01. The van der Waals surface area contributed by atoms with Gasteiger partial charge < -0.3 is 5.73 Å². The van der Waals surface area contributed by atoms with Crippen molar-refractivity contribution in [3.63, 3.8) is 0 Å². The molecule has 1 aliphatic rings. The minimum atomic E-state index is 0.490. The predicted molar refractivity (Wildman–Crippen MR) is 74.3 cm³/mol. The largest absolute Gasteiger partial charge is 0.325 e. The molecule has 0 spiro atoms. The molecule has 18 heavy (non-hydrogen) atoms. The third-order valence-corrected chi connectivity index (χ3v) is 4.25. The molecule has 0 aromatic carbocycles. The summed E-state index contributed by atoms with van der Waals surface area (Å²) < 4.78 is 0. The highest BCUT2D eigenvalue weighted by Gasteiger charge is 2.21. The van der Waals surface area contributed by atoms with Gasteiger partial charge in [-0.1, -0.05) is 12.8 Å². The van der Waals surface area contributed by atoms with Crippen LogP contribution in [0.15, 0.2) is 23.7 Å². The molecule has 2 heterocycles. The second-order valence-corrected chi connectivity index (χ2v) is 5.79. The Morgan fingerprint density at radius 3 is 2.89 bits per heavy atom. The molecule has 1 fully saturated rings. The van der Waals surface area contributed by atoms with Crippen molar-refractivity contribution in [2.75, 3.05) is 0 Å². The van der Waals surface area contributed by atoms with E-state index < -0.39 is 0 Å². The SMILES string of the molecule is NCc1ccc(-c2csc(CCC3CC3)n2)cn1. The van der Waals surface area contributed by atoms with E-state index in [1.54, 1.807) is 11.3 Å². The first-order valence-electron chi connectivity index (χ1n) is 6.45. The van der Waals surface area contributed by atoms with E-state index in [1.165, 1.54) is 24.3 Å². The molecule has 2 aromatic heterocycles. The fraction of sp³-hybridized carbons (Fsp3) is 0.429. The van der Waals surface area contributed by atoms with Crippen LogP contribution in [0.4, 0.5) is 0 Å². The van der Waals surface area contributed by atoms with Crippen molar-refractivity contribution in [2.45, 2.75) is 32.2 Å². The van der Waals surface area contributed by atoms with E-state index >= 15 is 0 Å². The van der Waals surface area contributed by atoms with Crippen LogP contribution in [-0.2, 0) is 13.0 Å². The Morgan fingerprint density at radius 1 is 1.33 bits per heavy atom. The summed E-state index contributed by atoms with van der Waals surface area (Å²) in [5.74, 6) is 0.975. The molecule has 0 saturated heterocycles. The lowest BCUT2D eigenvalue weighted by molar-refractivity contribution is 0.724. The van der Waals surface area contributed by atoms with Crippen LogP contribution in [0, 0.1) is 5.92 Å². The highest BCUT2D eigenvalue weighted by atomic mass is 32.1. The summed E-state index contributed by atoms with van der Waals surface area (Å²) >= 11 is 1.76. The maximum Gasteiger partial charge on any atom is 0.0932 e. The van der Waals surface area contributed by atoms with Gasteiger partial charge in [-0.3, -0.25) is 4.98 Å². The maximum atomic E-state index is 5.54. The number of aromatic nitrogens is 2. The Bertz CT molecular complexity index is 514. The van der Waals surface area contributed by atoms with Crippen LogP contribution >= 0.6 is 11.3 Å². The number of nitrogens with zero attached hydrogens (tertiary/aromatic N) is 2. The van der Waals surface area contributed by atoms with E-state index in [-0.39, 0.29) is 0 Å². The van der Waals surface area contributed by atoms with Gasteiger partial charge in [-0.05, 0) is 30.9 Å². The second kappa shape index (κ2) is 5.16. The Morgan fingerprint density at radius 2 is 2.22 bits per heavy atom. The highest BCUT2D eigenvalue weighted by molar-refractivity contribution is 7.09. The van der Waals surface area contributed by atoms with Crippen molar-refractivity contribution in [1.82, 2.24) is 9.97 Å². The minimum absolute atomic E-state index is 0.490. The third-order valence-electron chi connectivity index (χ3n) is 3.34. The molecular formula is C14H17N3S. The molecule has 3 rings (SSSR count). The molecule has 2 aromatic rings. The summed E-state index contributed by atoms with van der Waals surface area (Å²) in [6, 6.07) is 4.02. The molecule has 2 N–H and O–H groups in total. The quantitative estimate of drug-likeness (QED) is 0.898. The molecule has 0 bridgehead atoms. The molecule has 4 heteroatoms. The van der Waals surface area contributed by atoms with Gasteiger partial charge in [0, 0.05) is 23.7 Å². The zero-order chi connectivity index (χ0) is 12.4. The number of rotatable bonds is 5. The number of hydrogen-bond donors (Lipinski definition) is 1. The minimum Gasteiger partial charge on any atom is -0.325 e. The fourth-order valence-corrected chi connectivity index (χ4v) is 2.81. The van der Waals surface area contributed by atoms with Crippen molar-refractivity contribution in [2.24, 2.45) is 11.7 Å². The van der Waals surface area contributed by atoms with Gasteiger partial charge >= 0.3 is 0 Å². The fourth-order valence-electron chi connectivity index (χ4n) is 1.99. The summed E-state index contributed by atoms with van der Waals surface area (Å²) in [4.78, 5) is 8.99. The van der Waals surface area contributed by atoms with Gasteiger partial charge in [-0.25, -0.2) is 4.98 Å². The monoisotopic (exact) mass is 259 g/mol. The molecule has 0 amide bonds. The molecule has 0 radical (unpaired) electrons.